The molecular formula is C23H22N2O4. The van der Waals surface area contributed by atoms with Gasteiger partial charge in [-0.25, -0.2) is 0 Å². The van der Waals surface area contributed by atoms with Crippen LogP contribution < -0.4 is 10.6 Å². The topological polar surface area (TPSA) is 95.5 Å². The molecule has 0 bridgehead atoms. The number of anilines is 1. The van der Waals surface area contributed by atoms with Gasteiger partial charge in [-0.3, -0.25) is 14.4 Å². The largest absolute Gasteiger partial charge is 0.384 e. The van der Waals surface area contributed by atoms with Gasteiger partial charge >= 0.3 is 0 Å². The molecule has 2 aromatic rings. The van der Waals surface area contributed by atoms with E-state index in [2.05, 4.69) is 10.6 Å². The Bertz CT molecular complexity index is 990. The fourth-order valence-corrected chi connectivity index (χ4v) is 2.92. The SMILES string of the molecule is CCCNC(=O)c1ccc(/C=C/C(=O)C2=CC(O)c3ccccc3NC2=O)cc1. The maximum Gasteiger partial charge on any atom is 0.259 e. The molecule has 0 spiro atoms. The molecule has 6 nitrogen and oxygen atoms in total. The monoisotopic (exact) mass is 390 g/mol. The third kappa shape index (κ3) is 4.86. The summed E-state index contributed by atoms with van der Waals surface area (Å²) < 4.78 is 0. The first-order chi connectivity index (χ1) is 14.0. The number of aliphatic hydroxyl groups is 1. The van der Waals surface area contributed by atoms with E-state index in [4.69, 9.17) is 0 Å². The number of benzene rings is 2. The normalized spacial score (nSPS) is 15.9. The van der Waals surface area contributed by atoms with Gasteiger partial charge in [-0.1, -0.05) is 43.3 Å². The first kappa shape index (κ1) is 20.2. The van der Waals surface area contributed by atoms with Gasteiger partial charge in [0.2, 0.25) is 0 Å². The molecule has 0 saturated heterocycles. The van der Waals surface area contributed by atoms with E-state index < -0.39 is 17.8 Å². The Morgan fingerprint density at radius 3 is 2.59 bits per heavy atom. The number of fused-ring (bicyclic) bond motifs is 1. The maximum absolute atomic E-state index is 12.5. The van der Waals surface area contributed by atoms with E-state index in [9.17, 15) is 19.5 Å². The lowest BCUT2D eigenvalue weighted by molar-refractivity contribution is -0.117. The fourth-order valence-electron chi connectivity index (χ4n) is 2.92. The average molecular weight is 390 g/mol. The number of ketones is 1. The maximum atomic E-state index is 12.5. The van der Waals surface area contributed by atoms with Crippen molar-refractivity contribution in [2.45, 2.75) is 19.4 Å². The van der Waals surface area contributed by atoms with Crippen molar-refractivity contribution in [1.29, 1.82) is 0 Å². The first-order valence-electron chi connectivity index (χ1n) is 9.40. The van der Waals surface area contributed by atoms with Crippen LogP contribution >= 0.6 is 0 Å². The molecule has 0 radical (unpaired) electrons. The molecule has 0 aliphatic carbocycles. The number of para-hydroxylation sites is 1. The molecule has 29 heavy (non-hydrogen) atoms. The van der Waals surface area contributed by atoms with Crippen LogP contribution in [0, 0.1) is 0 Å². The molecule has 3 N–H and O–H groups in total. The minimum atomic E-state index is -1.06. The Kier molecular flexibility index (Phi) is 6.36. The standard InChI is InChI=1S/C23H22N2O4/c1-2-13-24-22(28)16-10-7-15(8-11-16)9-12-20(26)18-14-21(27)17-5-3-4-6-19(17)25-23(18)29/h3-12,14,21,27H,2,13H2,1H3,(H,24,28)(H,25,29)/b12-9+. The van der Waals surface area contributed by atoms with Crippen molar-refractivity contribution in [3.8, 4) is 0 Å². The molecule has 1 aliphatic heterocycles. The van der Waals surface area contributed by atoms with Gasteiger partial charge in [0.25, 0.3) is 11.8 Å². The lowest BCUT2D eigenvalue weighted by Crippen LogP contribution is -2.23. The van der Waals surface area contributed by atoms with Crippen LogP contribution in [0.4, 0.5) is 5.69 Å². The van der Waals surface area contributed by atoms with E-state index in [1.54, 1.807) is 54.6 Å². The van der Waals surface area contributed by atoms with Gasteiger partial charge in [-0.2, -0.15) is 0 Å². The van der Waals surface area contributed by atoms with E-state index in [1.165, 1.54) is 12.2 Å². The zero-order chi connectivity index (χ0) is 20.8. The predicted molar refractivity (Wildman–Crippen MR) is 111 cm³/mol. The summed E-state index contributed by atoms with van der Waals surface area (Å²) in [5, 5.41) is 15.8. The van der Waals surface area contributed by atoms with Gasteiger partial charge < -0.3 is 15.7 Å². The van der Waals surface area contributed by atoms with Crippen LogP contribution in [0.25, 0.3) is 6.08 Å². The zero-order valence-corrected chi connectivity index (χ0v) is 16.0. The van der Waals surface area contributed by atoms with Crippen LogP contribution in [0.3, 0.4) is 0 Å². The van der Waals surface area contributed by atoms with Crippen LogP contribution in [0.2, 0.25) is 0 Å². The smallest absolute Gasteiger partial charge is 0.259 e. The van der Waals surface area contributed by atoms with E-state index in [-0.39, 0.29) is 11.5 Å². The third-order valence-electron chi connectivity index (χ3n) is 4.50. The third-order valence-corrected chi connectivity index (χ3v) is 4.50. The number of carbonyl (C=O) groups excluding carboxylic acids is 3. The minimum absolute atomic E-state index is 0.125. The number of nitrogens with one attached hydrogen (secondary N) is 2. The molecule has 2 aromatic carbocycles. The number of aliphatic hydroxyl groups excluding tert-OH is 1. The van der Waals surface area contributed by atoms with Crippen LogP contribution in [-0.2, 0) is 9.59 Å². The summed E-state index contributed by atoms with van der Waals surface area (Å²) in [5.41, 5.74) is 2.13. The van der Waals surface area contributed by atoms with E-state index in [0.717, 1.165) is 6.42 Å². The van der Waals surface area contributed by atoms with Gasteiger partial charge in [-0.15, -0.1) is 0 Å². The summed E-state index contributed by atoms with van der Waals surface area (Å²) >= 11 is 0. The summed E-state index contributed by atoms with van der Waals surface area (Å²) in [7, 11) is 0. The fraction of sp³-hybridized carbons (Fsp3) is 0.174. The van der Waals surface area contributed by atoms with E-state index in [1.807, 2.05) is 6.92 Å². The number of hydrogen-bond acceptors (Lipinski definition) is 4. The van der Waals surface area contributed by atoms with Gasteiger partial charge in [0, 0.05) is 23.4 Å². The highest BCUT2D eigenvalue weighted by molar-refractivity contribution is 6.28. The van der Waals surface area contributed by atoms with Crippen molar-refractivity contribution < 1.29 is 19.5 Å². The van der Waals surface area contributed by atoms with Crippen molar-refractivity contribution in [3.05, 3.63) is 82.9 Å². The second-order valence-electron chi connectivity index (χ2n) is 6.64. The number of allylic oxidation sites excluding steroid dienone is 1. The number of rotatable bonds is 6. The Labute approximate surface area is 168 Å². The van der Waals surface area contributed by atoms with Gasteiger partial charge in [0.15, 0.2) is 5.78 Å². The molecule has 148 valence electrons. The molecule has 0 saturated carbocycles. The summed E-state index contributed by atoms with van der Waals surface area (Å²) in [4.78, 5) is 36.8. The highest BCUT2D eigenvalue weighted by Crippen LogP contribution is 2.28. The highest BCUT2D eigenvalue weighted by Gasteiger charge is 2.24. The number of carbonyl (C=O) groups is 3. The van der Waals surface area contributed by atoms with Gasteiger partial charge in [-0.05, 0) is 42.3 Å². The Balaban J connectivity index is 1.72. The van der Waals surface area contributed by atoms with Gasteiger partial charge in [0.1, 0.15) is 6.10 Å². The lowest BCUT2D eigenvalue weighted by Gasteiger charge is -2.08. The second-order valence-corrected chi connectivity index (χ2v) is 6.64. The average Bonchev–Trinajstić information content (AvgIpc) is 2.86. The van der Waals surface area contributed by atoms with Crippen molar-refractivity contribution in [2.75, 3.05) is 11.9 Å². The molecule has 6 heteroatoms. The van der Waals surface area contributed by atoms with Crippen molar-refractivity contribution in [3.63, 3.8) is 0 Å². The summed E-state index contributed by atoms with van der Waals surface area (Å²) in [5.74, 6) is -1.22. The molecule has 1 unspecified atom stereocenters. The Morgan fingerprint density at radius 2 is 1.86 bits per heavy atom. The molecule has 0 aromatic heterocycles. The van der Waals surface area contributed by atoms with E-state index >= 15 is 0 Å². The molecule has 1 atom stereocenters. The molecule has 2 amide bonds. The van der Waals surface area contributed by atoms with Crippen LogP contribution in [-0.4, -0.2) is 29.2 Å². The van der Waals surface area contributed by atoms with Crippen LogP contribution in [0.5, 0.6) is 0 Å². The number of amides is 2. The van der Waals surface area contributed by atoms with Crippen LogP contribution in [0.1, 0.15) is 40.9 Å². The lowest BCUT2D eigenvalue weighted by atomic mass is 10.0. The second kappa shape index (κ2) is 9.12. The van der Waals surface area contributed by atoms with Crippen molar-refractivity contribution in [1.82, 2.24) is 5.32 Å². The van der Waals surface area contributed by atoms with Crippen molar-refractivity contribution >= 4 is 29.4 Å². The van der Waals surface area contributed by atoms with Crippen LogP contribution in [0.15, 0.2) is 66.3 Å². The van der Waals surface area contributed by atoms with E-state index in [0.29, 0.717) is 28.9 Å². The van der Waals surface area contributed by atoms with Gasteiger partial charge in [0.05, 0.1) is 5.57 Å². The summed E-state index contributed by atoms with van der Waals surface area (Å²) in [6.45, 7) is 2.59. The highest BCUT2D eigenvalue weighted by atomic mass is 16.3. The van der Waals surface area contributed by atoms with Crippen molar-refractivity contribution in [2.24, 2.45) is 0 Å². The predicted octanol–water partition coefficient (Wildman–Crippen LogP) is 3.02. The Hall–Kier alpha value is -3.51. The zero-order valence-electron chi connectivity index (χ0n) is 16.0. The summed E-state index contributed by atoms with van der Waals surface area (Å²) in [6.07, 6.45) is 3.90. The molecular weight excluding hydrogens is 368 g/mol. The first-order valence-corrected chi connectivity index (χ1v) is 9.40. The number of hydrogen-bond donors (Lipinski definition) is 3. The molecule has 0 fully saturated rings. The Morgan fingerprint density at radius 1 is 1.14 bits per heavy atom. The molecule has 3 rings (SSSR count). The molecule has 1 heterocycles. The molecule has 1 aliphatic rings. The summed E-state index contributed by atoms with van der Waals surface area (Å²) in [6, 6.07) is 13.6. The quantitative estimate of drug-likeness (QED) is 0.522. The minimum Gasteiger partial charge on any atom is -0.384 e.